The van der Waals surface area contributed by atoms with Crippen molar-refractivity contribution in [3.8, 4) is 0 Å². The van der Waals surface area contributed by atoms with Crippen molar-refractivity contribution < 1.29 is 4.92 Å². The third kappa shape index (κ3) is 3.25. The molecule has 0 atom stereocenters. The summed E-state index contributed by atoms with van der Waals surface area (Å²) in [5.41, 5.74) is 1.76. The van der Waals surface area contributed by atoms with Crippen LogP contribution in [0.2, 0.25) is 0 Å². The Balaban J connectivity index is 2.36. The van der Waals surface area contributed by atoms with E-state index in [4.69, 9.17) is 0 Å². The predicted octanol–water partition coefficient (Wildman–Crippen LogP) is 3.80. The maximum atomic E-state index is 11.4. The van der Waals surface area contributed by atoms with Gasteiger partial charge in [-0.1, -0.05) is 33.1 Å². The summed E-state index contributed by atoms with van der Waals surface area (Å²) in [6, 6.07) is 0. The minimum Gasteiger partial charge on any atom is -0.262 e. The van der Waals surface area contributed by atoms with E-state index in [0.717, 1.165) is 30.8 Å². The quantitative estimate of drug-likeness (QED) is 0.494. The molecule has 1 aromatic rings. The van der Waals surface area contributed by atoms with Gasteiger partial charge in [0.1, 0.15) is 11.4 Å². The molecule has 0 radical (unpaired) electrons. The molecule has 5 nitrogen and oxygen atoms in total. The van der Waals surface area contributed by atoms with Crippen LogP contribution < -0.4 is 0 Å². The van der Waals surface area contributed by atoms with E-state index in [1.54, 1.807) is 0 Å². The molecule has 1 aliphatic rings. The molecular weight excluding hydrogens is 286 g/mol. The number of aryl methyl sites for hydroxylation is 1. The van der Waals surface area contributed by atoms with Crippen LogP contribution in [-0.2, 0) is 19.4 Å². The lowest BCUT2D eigenvalue weighted by atomic mass is 9.75. The number of hydrogen-bond acceptors (Lipinski definition) is 4. The van der Waals surface area contributed by atoms with E-state index in [-0.39, 0.29) is 16.0 Å². The maximum Gasteiger partial charge on any atom is 0.313 e. The van der Waals surface area contributed by atoms with Gasteiger partial charge < -0.3 is 0 Å². The molecule has 0 unspecified atom stereocenters. The molecule has 118 valence electrons. The standard InChI is InChI=1S/C15H25N3O2S/c1-3-12-14(18(19)20)13(4-2)17(16-12)10-15(11-21)8-6-5-7-9-15/h21H,3-11H2,1-2H3. The number of aromatic nitrogens is 2. The van der Waals surface area contributed by atoms with Gasteiger partial charge in [0, 0.05) is 6.54 Å². The van der Waals surface area contributed by atoms with Crippen LogP contribution in [0, 0.1) is 15.5 Å². The molecule has 0 aliphatic heterocycles. The zero-order valence-corrected chi connectivity index (χ0v) is 13.9. The molecule has 21 heavy (non-hydrogen) atoms. The van der Waals surface area contributed by atoms with Crippen LogP contribution in [0.1, 0.15) is 57.3 Å². The first-order chi connectivity index (χ1) is 10.1. The highest BCUT2D eigenvalue weighted by Crippen LogP contribution is 2.39. The second-order valence-corrected chi connectivity index (χ2v) is 6.40. The van der Waals surface area contributed by atoms with Crippen molar-refractivity contribution in [2.75, 3.05) is 5.75 Å². The number of nitro groups is 1. The summed E-state index contributed by atoms with van der Waals surface area (Å²) in [7, 11) is 0. The van der Waals surface area contributed by atoms with Crippen molar-refractivity contribution in [1.29, 1.82) is 0 Å². The number of nitrogens with zero attached hydrogens (tertiary/aromatic N) is 3. The first-order valence-electron chi connectivity index (χ1n) is 7.90. The Hall–Kier alpha value is -1.04. The third-order valence-corrected chi connectivity index (χ3v) is 5.36. The Morgan fingerprint density at radius 2 is 1.95 bits per heavy atom. The van der Waals surface area contributed by atoms with E-state index in [1.165, 1.54) is 19.3 Å². The van der Waals surface area contributed by atoms with Crippen molar-refractivity contribution in [1.82, 2.24) is 9.78 Å². The second kappa shape index (κ2) is 6.81. The summed E-state index contributed by atoms with van der Waals surface area (Å²) >= 11 is 4.56. The van der Waals surface area contributed by atoms with E-state index in [9.17, 15) is 10.1 Å². The molecule has 6 heteroatoms. The van der Waals surface area contributed by atoms with Gasteiger partial charge in [0.05, 0.1) is 4.92 Å². The average molecular weight is 311 g/mol. The average Bonchev–Trinajstić information content (AvgIpc) is 2.85. The van der Waals surface area contributed by atoms with Gasteiger partial charge in [-0.3, -0.25) is 14.8 Å². The van der Waals surface area contributed by atoms with Gasteiger partial charge in [0.15, 0.2) is 0 Å². The van der Waals surface area contributed by atoms with E-state index >= 15 is 0 Å². The molecule has 2 rings (SSSR count). The van der Waals surface area contributed by atoms with E-state index in [2.05, 4.69) is 17.7 Å². The lowest BCUT2D eigenvalue weighted by molar-refractivity contribution is -0.386. The van der Waals surface area contributed by atoms with Gasteiger partial charge in [0.2, 0.25) is 0 Å². The minimum absolute atomic E-state index is 0.149. The molecule has 1 fully saturated rings. The lowest BCUT2D eigenvalue weighted by Crippen LogP contribution is -2.32. The predicted molar refractivity (Wildman–Crippen MR) is 87.0 cm³/mol. The fraction of sp³-hybridized carbons (Fsp3) is 0.800. The Bertz CT molecular complexity index is 507. The van der Waals surface area contributed by atoms with Crippen molar-refractivity contribution in [2.24, 2.45) is 5.41 Å². The van der Waals surface area contributed by atoms with E-state index < -0.39 is 0 Å². The summed E-state index contributed by atoms with van der Waals surface area (Å²) < 4.78 is 1.90. The van der Waals surface area contributed by atoms with E-state index in [1.807, 2.05) is 18.5 Å². The summed E-state index contributed by atoms with van der Waals surface area (Å²) in [5.74, 6) is 0.825. The lowest BCUT2D eigenvalue weighted by Gasteiger charge is -2.36. The van der Waals surface area contributed by atoms with Gasteiger partial charge in [-0.2, -0.15) is 17.7 Å². The molecule has 0 amide bonds. The highest BCUT2D eigenvalue weighted by atomic mass is 32.1. The molecule has 0 spiro atoms. The SMILES string of the molecule is CCc1nn(CC2(CS)CCCCC2)c(CC)c1[N+](=O)[O-]. The van der Waals surface area contributed by atoms with Crippen LogP contribution in [0.5, 0.6) is 0 Å². The highest BCUT2D eigenvalue weighted by molar-refractivity contribution is 7.80. The van der Waals surface area contributed by atoms with Crippen LogP contribution >= 0.6 is 12.6 Å². The molecule has 0 N–H and O–H groups in total. The van der Waals surface area contributed by atoms with Crippen molar-refractivity contribution in [3.05, 3.63) is 21.5 Å². The normalized spacial score (nSPS) is 17.9. The fourth-order valence-corrected chi connectivity index (χ4v) is 3.87. The zero-order chi connectivity index (χ0) is 15.5. The largest absolute Gasteiger partial charge is 0.313 e. The molecule has 0 aromatic carbocycles. The molecular formula is C15H25N3O2S. The smallest absolute Gasteiger partial charge is 0.262 e. The highest BCUT2D eigenvalue weighted by Gasteiger charge is 2.34. The van der Waals surface area contributed by atoms with Crippen LogP contribution in [-0.4, -0.2) is 20.5 Å². The first kappa shape index (κ1) is 16.3. The summed E-state index contributed by atoms with van der Waals surface area (Å²) in [5, 5.41) is 15.9. The first-order valence-corrected chi connectivity index (χ1v) is 8.54. The van der Waals surface area contributed by atoms with Gasteiger partial charge in [-0.25, -0.2) is 0 Å². The van der Waals surface area contributed by atoms with Crippen molar-refractivity contribution in [3.63, 3.8) is 0 Å². The Morgan fingerprint density at radius 3 is 2.43 bits per heavy atom. The monoisotopic (exact) mass is 311 g/mol. The zero-order valence-electron chi connectivity index (χ0n) is 13.0. The Labute approximate surface area is 131 Å². The molecule has 1 saturated carbocycles. The molecule has 0 bridgehead atoms. The summed E-state index contributed by atoms with van der Waals surface area (Å²) in [6.07, 6.45) is 7.29. The topological polar surface area (TPSA) is 61.0 Å². The van der Waals surface area contributed by atoms with Crippen molar-refractivity contribution in [2.45, 2.75) is 65.3 Å². The fourth-order valence-electron chi connectivity index (χ4n) is 3.46. The number of rotatable bonds is 6. The molecule has 1 heterocycles. The second-order valence-electron chi connectivity index (χ2n) is 6.08. The molecule has 0 saturated heterocycles. The number of thiol groups is 1. The Morgan fingerprint density at radius 1 is 1.29 bits per heavy atom. The van der Waals surface area contributed by atoms with E-state index in [0.29, 0.717) is 18.5 Å². The van der Waals surface area contributed by atoms with Gasteiger partial charge in [-0.05, 0) is 36.9 Å². The molecule has 1 aromatic heterocycles. The summed E-state index contributed by atoms with van der Waals surface area (Å²) in [6.45, 7) is 4.66. The van der Waals surface area contributed by atoms with Crippen LogP contribution in [0.3, 0.4) is 0 Å². The number of hydrogen-bond donors (Lipinski definition) is 1. The van der Waals surface area contributed by atoms with Gasteiger partial charge in [-0.15, -0.1) is 0 Å². The van der Waals surface area contributed by atoms with Gasteiger partial charge in [0.25, 0.3) is 0 Å². The minimum atomic E-state index is -0.268. The van der Waals surface area contributed by atoms with Crippen molar-refractivity contribution >= 4 is 18.3 Å². The molecule has 1 aliphatic carbocycles. The van der Waals surface area contributed by atoms with Gasteiger partial charge >= 0.3 is 5.69 Å². The van der Waals surface area contributed by atoms with Crippen LogP contribution in [0.4, 0.5) is 5.69 Å². The maximum absolute atomic E-state index is 11.4. The van der Waals surface area contributed by atoms with Crippen LogP contribution in [0.25, 0.3) is 0 Å². The van der Waals surface area contributed by atoms with Crippen LogP contribution in [0.15, 0.2) is 0 Å². The Kier molecular flexibility index (Phi) is 5.30. The summed E-state index contributed by atoms with van der Waals surface area (Å²) in [4.78, 5) is 11.1. The third-order valence-electron chi connectivity index (χ3n) is 4.69.